The van der Waals surface area contributed by atoms with Gasteiger partial charge in [-0.25, -0.2) is 9.18 Å². The number of hydrogen-bond acceptors (Lipinski definition) is 3. The van der Waals surface area contributed by atoms with E-state index in [1.54, 1.807) is 16.8 Å². The number of nitrogens with one attached hydrogen (secondary N) is 2. The largest absolute Gasteiger partial charge is 0.345 e. The highest BCUT2D eigenvalue weighted by molar-refractivity contribution is 5.93. The Hall–Kier alpha value is -2.64. The zero-order valence-corrected chi connectivity index (χ0v) is 15.0. The van der Waals surface area contributed by atoms with Crippen LogP contribution in [-0.4, -0.2) is 54.3 Å². The van der Waals surface area contributed by atoms with Gasteiger partial charge < -0.3 is 20.4 Å². The van der Waals surface area contributed by atoms with Crippen LogP contribution in [0.1, 0.15) is 26.2 Å². The summed E-state index contributed by atoms with van der Waals surface area (Å²) in [4.78, 5) is 39.5. The van der Waals surface area contributed by atoms with E-state index in [4.69, 9.17) is 0 Å². The summed E-state index contributed by atoms with van der Waals surface area (Å²) >= 11 is 0. The molecule has 0 unspecified atom stereocenters. The number of urea groups is 1. The molecule has 2 N–H and O–H groups in total. The third kappa shape index (κ3) is 3.49. The molecule has 2 saturated heterocycles. The molecule has 0 radical (unpaired) electrons. The van der Waals surface area contributed by atoms with Crippen molar-refractivity contribution >= 4 is 29.2 Å². The van der Waals surface area contributed by atoms with Crippen LogP contribution in [0.15, 0.2) is 18.2 Å². The zero-order chi connectivity index (χ0) is 18.9. The molecule has 140 valence electrons. The van der Waals surface area contributed by atoms with Gasteiger partial charge in [0.15, 0.2) is 0 Å². The number of amides is 4. The SMILES string of the molecule is CC(=O)Nc1ccc(F)c(NC(=O)N2CC[C@]3(CCCN(C)C3=O)C2)c1. The van der Waals surface area contributed by atoms with Gasteiger partial charge in [-0.05, 0) is 37.5 Å². The van der Waals surface area contributed by atoms with Gasteiger partial charge in [-0.3, -0.25) is 9.59 Å². The number of carbonyl (C=O) groups excluding carboxylic acids is 3. The number of hydrogen-bond donors (Lipinski definition) is 2. The fraction of sp³-hybridized carbons (Fsp3) is 0.500. The molecule has 0 aromatic heterocycles. The summed E-state index contributed by atoms with van der Waals surface area (Å²) in [6, 6.07) is 3.54. The van der Waals surface area contributed by atoms with Crippen LogP contribution in [-0.2, 0) is 9.59 Å². The normalized spacial score (nSPS) is 22.7. The first-order valence-corrected chi connectivity index (χ1v) is 8.69. The lowest BCUT2D eigenvalue weighted by molar-refractivity contribution is -0.143. The maximum Gasteiger partial charge on any atom is 0.321 e. The molecule has 0 saturated carbocycles. The van der Waals surface area contributed by atoms with Crippen LogP contribution in [0.2, 0.25) is 0 Å². The Morgan fingerprint density at radius 1 is 1.19 bits per heavy atom. The first-order chi connectivity index (χ1) is 12.3. The highest BCUT2D eigenvalue weighted by Crippen LogP contribution is 2.39. The second-order valence-corrected chi connectivity index (χ2v) is 7.09. The minimum atomic E-state index is -0.588. The number of rotatable bonds is 2. The van der Waals surface area contributed by atoms with Crippen molar-refractivity contribution in [2.45, 2.75) is 26.2 Å². The Kier molecular flexibility index (Phi) is 4.84. The van der Waals surface area contributed by atoms with E-state index in [0.29, 0.717) is 25.2 Å². The van der Waals surface area contributed by atoms with Crippen molar-refractivity contribution in [3.63, 3.8) is 0 Å². The van der Waals surface area contributed by atoms with Crippen molar-refractivity contribution in [1.29, 1.82) is 0 Å². The average Bonchev–Trinajstić information content (AvgIpc) is 3.00. The molecule has 0 aliphatic carbocycles. The van der Waals surface area contributed by atoms with Gasteiger partial charge in [-0.1, -0.05) is 0 Å². The summed E-state index contributed by atoms with van der Waals surface area (Å²) in [5.41, 5.74) is -0.119. The molecule has 4 amide bonds. The molecule has 1 spiro atoms. The van der Waals surface area contributed by atoms with Gasteiger partial charge in [-0.2, -0.15) is 0 Å². The van der Waals surface area contributed by atoms with E-state index in [9.17, 15) is 18.8 Å². The topological polar surface area (TPSA) is 81.8 Å². The Balaban J connectivity index is 1.69. The predicted molar refractivity (Wildman–Crippen MR) is 95.2 cm³/mol. The summed E-state index contributed by atoms with van der Waals surface area (Å²) in [6.45, 7) is 2.89. The quantitative estimate of drug-likeness (QED) is 0.847. The van der Waals surface area contributed by atoms with Crippen molar-refractivity contribution in [1.82, 2.24) is 9.80 Å². The molecule has 3 rings (SSSR count). The highest BCUT2D eigenvalue weighted by atomic mass is 19.1. The van der Waals surface area contributed by atoms with E-state index in [1.807, 2.05) is 0 Å². The van der Waals surface area contributed by atoms with E-state index in [1.165, 1.54) is 25.1 Å². The number of anilines is 2. The number of likely N-dealkylation sites (tertiary alicyclic amines) is 2. The van der Waals surface area contributed by atoms with Crippen LogP contribution in [0, 0.1) is 11.2 Å². The molecule has 26 heavy (non-hydrogen) atoms. The third-order valence-electron chi connectivity index (χ3n) is 5.12. The minimum absolute atomic E-state index is 0.00529. The van der Waals surface area contributed by atoms with Gasteiger partial charge in [0.05, 0.1) is 11.1 Å². The number of benzene rings is 1. The molecule has 1 atom stereocenters. The smallest absolute Gasteiger partial charge is 0.321 e. The van der Waals surface area contributed by atoms with Crippen LogP contribution in [0.4, 0.5) is 20.6 Å². The molecule has 2 heterocycles. The van der Waals surface area contributed by atoms with Gasteiger partial charge in [-0.15, -0.1) is 0 Å². The number of carbonyl (C=O) groups is 3. The lowest BCUT2D eigenvalue weighted by Crippen LogP contribution is -2.49. The Bertz CT molecular complexity index is 754. The molecule has 1 aromatic rings. The van der Waals surface area contributed by atoms with Crippen LogP contribution in [0.25, 0.3) is 0 Å². The second kappa shape index (κ2) is 6.93. The molecular weight excluding hydrogens is 339 g/mol. The summed E-state index contributed by atoms with van der Waals surface area (Å²) in [5.74, 6) is -0.789. The van der Waals surface area contributed by atoms with Crippen molar-refractivity contribution in [3.8, 4) is 0 Å². The van der Waals surface area contributed by atoms with Gasteiger partial charge >= 0.3 is 6.03 Å². The van der Waals surface area contributed by atoms with E-state index < -0.39 is 17.3 Å². The molecule has 1 aromatic carbocycles. The van der Waals surface area contributed by atoms with Crippen molar-refractivity contribution in [3.05, 3.63) is 24.0 Å². The van der Waals surface area contributed by atoms with Crippen LogP contribution in [0.3, 0.4) is 0 Å². The van der Waals surface area contributed by atoms with Crippen molar-refractivity contribution in [2.75, 3.05) is 37.3 Å². The molecule has 8 heteroatoms. The molecular formula is C18H23FN4O3. The van der Waals surface area contributed by atoms with Crippen LogP contribution >= 0.6 is 0 Å². The molecule has 2 aliphatic rings. The molecule has 0 bridgehead atoms. The molecule has 2 fully saturated rings. The van der Waals surface area contributed by atoms with E-state index in [0.717, 1.165) is 19.4 Å². The van der Waals surface area contributed by atoms with Crippen LogP contribution < -0.4 is 10.6 Å². The Morgan fingerprint density at radius 3 is 2.69 bits per heavy atom. The average molecular weight is 362 g/mol. The Morgan fingerprint density at radius 2 is 1.96 bits per heavy atom. The number of piperidine rings is 1. The zero-order valence-electron chi connectivity index (χ0n) is 15.0. The van der Waals surface area contributed by atoms with Crippen molar-refractivity contribution in [2.24, 2.45) is 5.41 Å². The van der Waals surface area contributed by atoms with E-state index >= 15 is 0 Å². The summed E-state index contributed by atoms with van der Waals surface area (Å²) in [5, 5.41) is 5.10. The number of halogens is 1. The summed E-state index contributed by atoms with van der Waals surface area (Å²) < 4.78 is 14.0. The van der Waals surface area contributed by atoms with E-state index in [-0.39, 0.29) is 17.5 Å². The monoisotopic (exact) mass is 362 g/mol. The van der Waals surface area contributed by atoms with Gasteiger partial charge in [0.2, 0.25) is 11.8 Å². The van der Waals surface area contributed by atoms with Gasteiger partial charge in [0.1, 0.15) is 5.82 Å². The third-order valence-corrected chi connectivity index (χ3v) is 5.12. The van der Waals surface area contributed by atoms with Gasteiger partial charge in [0, 0.05) is 39.3 Å². The van der Waals surface area contributed by atoms with Crippen molar-refractivity contribution < 1.29 is 18.8 Å². The van der Waals surface area contributed by atoms with E-state index in [2.05, 4.69) is 10.6 Å². The minimum Gasteiger partial charge on any atom is -0.345 e. The standard InChI is InChI=1S/C18H23FN4O3/c1-12(24)20-13-4-5-14(19)15(10-13)21-17(26)23-9-7-18(11-23)6-3-8-22(2)16(18)25/h4-5,10H,3,6-9,11H2,1-2H3,(H,20,24)(H,21,26)/t18-/m1/s1. The van der Waals surface area contributed by atoms with Gasteiger partial charge in [0.25, 0.3) is 0 Å². The second-order valence-electron chi connectivity index (χ2n) is 7.09. The fourth-order valence-electron chi connectivity index (χ4n) is 3.79. The lowest BCUT2D eigenvalue weighted by Gasteiger charge is -2.37. The Labute approximate surface area is 151 Å². The predicted octanol–water partition coefficient (Wildman–Crippen LogP) is 2.26. The number of nitrogens with zero attached hydrogens (tertiary/aromatic N) is 2. The highest BCUT2D eigenvalue weighted by Gasteiger charge is 2.48. The first kappa shape index (κ1) is 18.2. The fourth-order valence-corrected chi connectivity index (χ4v) is 3.79. The lowest BCUT2D eigenvalue weighted by atomic mass is 9.78. The summed E-state index contributed by atoms with van der Waals surface area (Å²) in [7, 11) is 1.79. The maximum atomic E-state index is 14.0. The summed E-state index contributed by atoms with van der Waals surface area (Å²) in [6.07, 6.45) is 2.31. The first-order valence-electron chi connectivity index (χ1n) is 8.69. The molecule has 2 aliphatic heterocycles. The maximum absolute atomic E-state index is 14.0. The molecule has 7 nitrogen and oxygen atoms in total. The van der Waals surface area contributed by atoms with Crippen LogP contribution in [0.5, 0.6) is 0 Å².